The molecule has 1 amide bonds. The number of benzene rings is 2. The lowest BCUT2D eigenvalue weighted by atomic mass is 10.0. The lowest BCUT2D eigenvalue weighted by molar-refractivity contribution is -0.121. The number of carbonyl (C=O) groups excluding carboxylic acids is 1. The molecule has 1 aliphatic heterocycles. The third kappa shape index (κ3) is 4.93. The highest BCUT2D eigenvalue weighted by molar-refractivity contribution is 5.76. The van der Waals surface area contributed by atoms with Gasteiger partial charge in [-0.3, -0.25) is 4.79 Å². The first-order valence-electron chi connectivity index (χ1n) is 11.3. The molecular formula is C25H26N6O3. The second kappa shape index (κ2) is 9.78. The number of aromatic nitrogens is 4. The quantitative estimate of drug-likeness (QED) is 0.397. The summed E-state index contributed by atoms with van der Waals surface area (Å²) in [4.78, 5) is 12.4. The predicted molar refractivity (Wildman–Crippen MR) is 127 cm³/mol. The molecule has 2 aromatic heterocycles. The zero-order valence-electron chi connectivity index (χ0n) is 18.9. The number of hydrogen-bond donors (Lipinski definition) is 2. The molecule has 34 heavy (non-hydrogen) atoms. The average molecular weight is 459 g/mol. The van der Waals surface area contributed by atoms with Gasteiger partial charge in [0.25, 0.3) is 0 Å². The van der Waals surface area contributed by atoms with Gasteiger partial charge in [-0.15, -0.1) is 15.3 Å². The van der Waals surface area contributed by atoms with E-state index in [0.717, 1.165) is 17.1 Å². The van der Waals surface area contributed by atoms with Gasteiger partial charge in [-0.25, -0.2) is 0 Å². The molecule has 1 aliphatic rings. The average Bonchev–Trinajstić information content (AvgIpc) is 3.51. The van der Waals surface area contributed by atoms with E-state index in [0.29, 0.717) is 43.2 Å². The largest absolute Gasteiger partial charge is 0.454 e. The number of amides is 1. The summed E-state index contributed by atoms with van der Waals surface area (Å²) in [5.41, 5.74) is 2.90. The van der Waals surface area contributed by atoms with E-state index >= 15 is 0 Å². The summed E-state index contributed by atoms with van der Waals surface area (Å²) in [7, 11) is 0. The molecule has 9 heteroatoms. The number of fused-ring (bicyclic) bond motifs is 2. The first kappa shape index (κ1) is 21.7. The van der Waals surface area contributed by atoms with Gasteiger partial charge < -0.3 is 20.1 Å². The standard InChI is InChI=1S/C25H26N6O3/c1-17(19-5-3-2-4-6-19)14-27-25(32)12-11-24-29-28-23-10-9-22(30-31(23)24)26-15-18-7-8-20-21(13-18)34-16-33-20/h2-10,13,17H,11-12,14-16H2,1H3,(H,26,30)(H,27,32). The fourth-order valence-electron chi connectivity index (χ4n) is 3.81. The van der Waals surface area contributed by atoms with Crippen molar-refractivity contribution in [1.29, 1.82) is 0 Å². The van der Waals surface area contributed by atoms with Crippen LogP contribution in [-0.2, 0) is 17.8 Å². The zero-order valence-corrected chi connectivity index (χ0v) is 18.9. The van der Waals surface area contributed by atoms with Crippen molar-refractivity contribution in [2.24, 2.45) is 0 Å². The Kier molecular flexibility index (Phi) is 6.24. The summed E-state index contributed by atoms with van der Waals surface area (Å²) < 4.78 is 12.5. The molecule has 0 fully saturated rings. The molecule has 5 rings (SSSR count). The van der Waals surface area contributed by atoms with Crippen LogP contribution in [0.4, 0.5) is 5.82 Å². The van der Waals surface area contributed by atoms with Gasteiger partial charge >= 0.3 is 0 Å². The number of carbonyl (C=O) groups is 1. The number of ether oxygens (including phenoxy) is 2. The maximum Gasteiger partial charge on any atom is 0.231 e. The molecule has 174 valence electrons. The number of nitrogens with zero attached hydrogens (tertiary/aromatic N) is 4. The summed E-state index contributed by atoms with van der Waals surface area (Å²) in [6, 6.07) is 19.7. The van der Waals surface area contributed by atoms with Crippen LogP contribution in [0.15, 0.2) is 60.7 Å². The third-order valence-corrected chi connectivity index (χ3v) is 5.79. The number of rotatable bonds is 9. The van der Waals surface area contributed by atoms with Crippen LogP contribution in [-0.4, -0.2) is 39.1 Å². The maximum absolute atomic E-state index is 12.4. The molecular weight excluding hydrogens is 432 g/mol. The summed E-state index contributed by atoms with van der Waals surface area (Å²) in [5, 5.41) is 19.3. The van der Waals surface area contributed by atoms with E-state index in [1.54, 1.807) is 4.52 Å². The van der Waals surface area contributed by atoms with E-state index < -0.39 is 0 Å². The fourth-order valence-corrected chi connectivity index (χ4v) is 3.81. The minimum Gasteiger partial charge on any atom is -0.454 e. The van der Waals surface area contributed by atoms with E-state index in [2.05, 4.69) is 45.0 Å². The Labute approximate surface area is 197 Å². The van der Waals surface area contributed by atoms with Crippen LogP contribution < -0.4 is 20.1 Å². The number of anilines is 1. The monoisotopic (exact) mass is 458 g/mol. The van der Waals surface area contributed by atoms with Crippen molar-refractivity contribution in [1.82, 2.24) is 25.1 Å². The third-order valence-electron chi connectivity index (χ3n) is 5.79. The van der Waals surface area contributed by atoms with Gasteiger partial charge in [-0.2, -0.15) is 4.52 Å². The summed E-state index contributed by atoms with van der Waals surface area (Å²) >= 11 is 0. The van der Waals surface area contributed by atoms with Crippen LogP contribution in [0.3, 0.4) is 0 Å². The molecule has 0 radical (unpaired) electrons. The smallest absolute Gasteiger partial charge is 0.231 e. The summed E-state index contributed by atoms with van der Waals surface area (Å²) in [6.45, 7) is 3.53. The molecule has 3 heterocycles. The highest BCUT2D eigenvalue weighted by Crippen LogP contribution is 2.32. The molecule has 9 nitrogen and oxygen atoms in total. The second-order valence-corrected chi connectivity index (χ2v) is 8.26. The predicted octanol–water partition coefficient (Wildman–Crippen LogP) is 3.32. The van der Waals surface area contributed by atoms with Crippen LogP contribution in [0.1, 0.15) is 36.2 Å². The molecule has 0 saturated carbocycles. The second-order valence-electron chi connectivity index (χ2n) is 8.26. The van der Waals surface area contributed by atoms with Crippen LogP contribution in [0.5, 0.6) is 11.5 Å². The highest BCUT2D eigenvalue weighted by Gasteiger charge is 2.14. The van der Waals surface area contributed by atoms with Gasteiger partial charge in [-0.05, 0) is 41.3 Å². The highest BCUT2D eigenvalue weighted by atomic mass is 16.7. The summed E-state index contributed by atoms with van der Waals surface area (Å²) in [6.07, 6.45) is 0.768. The van der Waals surface area contributed by atoms with Gasteiger partial charge in [0.2, 0.25) is 12.7 Å². The van der Waals surface area contributed by atoms with Crippen molar-refractivity contribution in [3.05, 3.63) is 77.6 Å². The molecule has 2 N–H and O–H groups in total. The van der Waals surface area contributed by atoms with Gasteiger partial charge in [-0.1, -0.05) is 43.3 Å². The molecule has 1 unspecified atom stereocenters. The van der Waals surface area contributed by atoms with Gasteiger partial charge in [0.05, 0.1) is 0 Å². The Morgan fingerprint density at radius 2 is 1.91 bits per heavy atom. The first-order valence-corrected chi connectivity index (χ1v) is 11.3. The first-order chi connectivity index (χ1) is 16.7. The molecule has 1 atom stereocenters. The van der Waals surface area contributed by atoms with Gasteiger partial charge in [0.15, 0.2) is 23.0 Å². The Morgan fingerprint density at radius 1 is 1.06 bits per heavy atom. The van der Waals surface area contributed by atoms with Crippen molar-refractivity contribution in [2.75, 3.05) is 18.7 Å². The minimum atomic E-state index is -0.0170. The maximum atomic E-state index is 12.4. The normalized spacial score (nSPS) is 13.1. The zero-order chi connectivity index (χ0) is 23.3. The molecule has 2 aromatic carbocycles. The molecule has 0 bridgehead atoms. The topological polar surface area (TPSA) is 103 Å². The number of nitrogens with one attached hydrogen (secondary N) is 2. The molecule has 0 spiro atoms. The summed E-state index contributed by atoms with van der Waals surface area (Å²) in [5.74, 6) is 3.08. The van der Waals surface area contributed by atoms with Crippen LogP contribution in [0, 0.1) is 0 Å². The minimum absolute atomic E-state index is 0.0170. The van der Waals surface area contributed by atoms with E-state index in [1.165, 1.54) is 5.56 Å². The van der Waals surface area contributed by atoms with Crippen LogP contribution >= 0.6 is 0 Å². The number of aryl methyl sites for hydroxylation is 1. The Bertz CT molecular complexity index is 1290. The SMILES string of the molecule is CC(CNC(=O)CCc1nnc2ccc(NCc3ccc4c(c3)OCO4)nn12)c1ccccc1. The van der Waals surface area contributed by atoms with Crippen molar-refractivity contribution in [3.8, 4) is 11.5 Å². The lowest BCUT2D eigenvalue weighted by Gasteiger charge is -2.13. The van der Waals surface area contributed by atoms with Gasteiger partial charge in [0, 0.05) is 25.9 Å². The number of hydrogen-bond acceptors (Lipinski definition) is 7. The van der Waals surface area contributed by atoms with E-state index in [1.807, 2.05) is 48.5 Å². The van der Waals surface area contributed by atoms with Crippen LogP contribution in [0.25, 0.3) is 5.65 Å². The van der Waals surface area contributed by atoms with Gasteiger partial charge in [0.1, 0.15) is 5.82 Å². The van der Waals surface area contributed by atoms with Crippen molar-refractivity contribution in [2.45, 2.75) is 32.2 Å². The van der Waals surface area contributed by atoms with Crippen molar-refractivity contribution >= 4 is 17.4 Å². The lowest BCUT2D eigenvalue weighted by Crippen LogP contribution is -2.27. The van der Waals surface area contributed by atoms with Crippen molar-refractivity contribution in [3.63, 3.8) is 0 Å². The van der Waals surface area contributed by atoms with Crippen LogP contribution in [0.2, 0.25) is 0 Å². The van der Waals surface area contributed by atoms with E-state index in [-0.39, 0.29) is 18.6 Å². The molecule has 0 aliphatic carbocycles. The Balaban J connectivity index is 1.16. The Hall–Kier alpha value is -4.14. The van der Waals surface area contributed by atoms with Crippen molar-refractivity contribution < 1.29 is 14.3 Å². The van der Waals surface area contributed by atoms with E-state index in [9.17, 15) is 4.79 Å². The van der Waals surface area contributed by atoms with E-state index in [4.69, 9.17) is 9.47 Å². The fraction of sp³-hybridized carbons (Fsp3) is 0.280. The molecule has 4 aromatic rings. The Morgan fingerprint density at radius 3 is 2.79 bits per heavy atom. The molecule has 0 saturated heterocycles.